The monoisotopic (exact) mass is 384 g/mol. The van der Waals surface area contributed by atoms with Crippen LogP contribution in [0.25, 0.3) is 11.4 Å². The molecule has 0 spiro atoms. The van der Waals surface area contributed by atoms with Crippen molar-refractivity contribution < 1.29 is 14.6 Å². The zero-order valence-corrected chi connectivity index (χ0v) is 16.3. The van der Waals surface area contributed by atoms with Crippen molar-refractivity contribution >= 4 is 5.82 Å². The summed E-state index contributed by atoms with van der Waals surface area (Å²) in [5, 5.41) is 13.8. The zero-order valence-electron chi connectivity index (χ0n) is 16.3. The highest BCUT2D eigenvalue weighted by Gasteiger charge is 2.23. The van der Waals surface area contributed by atoms with E-state index in [1.165, 1.54) is 0 Å². The minimum atomic E-state index is 0.164. The Morgan fingerprint density at radius 2 is 2.00 bits per heavy atom. The predicted octanol–water partition coefficient (Wildman–Crippen LogP) is 2.13. The number of phenolic OH excluding ortho intramolecular Hbond substituents is 1. The summed E-state index contributed by atoms with van der Waals surface area (Å²) >= 11 is 0. The normalized spacial score (nSPS) is 21.0. The van der Waals surface area contributed by atoms with Crippen LogP contribution in [0.3, 0.4) is 0 Å². The van der Waals surface area contributed by atoms with Crippen molar-refractivity contribution in [3.63, 3.8) is 0 Å². The Kier molecular flexibility index (Phi) is 6.04. The fraction of sp³-hybridized carbons (Fsp3) is 0.524. The number of aromatic hydroxyl groups is 1. The van der Waals surface area contributed by atoms with Crippen LogP contribution in [-0.2, 0) is 9.47 Å². The van der Waals surface area contributed by atoms with Gasteiger partial charge in [-0.1, -0.05) is 12.1 Å². The number of ether oxygens (including phenoxy) is 2. The molecule has 1 aromatic carbocycles. The number of hydrogen-bond acceptors (Lipinski definition) is 7. The summed E-state index contributed by atoms with van der Waals surface area (Å²) in [6.07, 6.45) is 2.28. The molecule has 2 aromatic rings. The number of piperidine rings is 1. The lowest BCUT2D eigenvalue weighted by Gasteiger charge is -2.34. The minimum absolute atomic E-state index is 0.164. The van der Waals surface area contributed by atoms with E-state index < -0.39 is 0 Å². The number of para-hydroxylation sites is 1. The average Bonchev–Trinajstić information content (AvgIpc) is 2.73. The van der Waals surface area contributed by atoms with Gasteiger partial charge < -0.3 is 24.8 Å². The molecule has 0 amide bonds. The first-order chi connectivity index (χ1) is 13.7. The summed E-state index contributed by atoms with van der Waals surface area (Å²) in [6, 6.07) is 9.71. The third-order valence-electron chi connectivity index (χ3n) is 5.32. The first-order valence-electron chi connectivity index (χ1n) is 10.0. The highest BCUT2D eigenvalue weighted by Crippen LogP contribution is 2.28. The van der Waals surface area contributed by atoms with Crippen LogP contribution in [0.1, 0.15) is 18.5 Å². The Bertz CT molecular complexity index is 787. The van der Waals surface area contributed by atoms with Crippen molar-refractivity contribution in [1.82, 2.24) is 15.3 Å². The number of nitrogens with one attached hydrogen (secondary N) is 1. The van der Waals surface area contributed by atoms with Gasteiger partial charge in [0.1, 0.15) is 11.6 Å². The lowest BCUT2D eigenvalue weighted by molar-refractivity contribution is -0.0872. The first kappa shape index (κ1) is 19.1. The molecule has 28 heavy (non-hydrogen) atoms. The number of nitrogens with zero attached hydrogens (tertiary/aromatic N) is 3. The molecule has 2 N–H and O–H groups in total. The van der Waals surface area contributed by atoms with Crippen LogP contribution in [0.15, 0.2) is 30.3 Å². The fourth-order valence-corrected chi connectivity index (χ4v) is 3.76. The summed E-state index contributed by atoms with van der Waals surface area (Å²) in [5.41, 5.74) is 1.57. The van der Waals surface area contributed by atoms with Crippen molar-refractivity contribution in [3.05, 3.63) is 36.0 Å². The molecule has 4 rings (SSSR count). The Labute approximate surface area is 165 Å². The summed E-state index contributed by atoms with van der Waals surface area (Å²) in [7, 11) is 0. The summed E-state index contributed by atoms with van der Waals surface area (Å²) in [5.74, 6) is 1.70. The molecular formula is C21H28N4O3. The molecule has 0 saturated carbocycles. The van der Waals surface area contributed by atoms with Crippen molar-refractivity contribution in [2.24, 2.45) is 0 Å². The Morgan fingerprint density at radius 1 is 1.18 bits per heavy atom. The molecule has 1 unspecified atom stereocenters. The predicted molar refractivity (Wildman–Crippen MR) is 108 cm³/mol. The molecule has 2 saturated heterocycles. The number of hydrogen-bond donors (Lipinski definition) is 2. The number of benzene rings is 1. The van der Waals surface area contributed by atoms with Crippen LogP contribution in [-0.4, -0.2) is 66.7 Å². The smallest absolute Gasteiger partial charge is 0.165 e. The Hall–Kier alpha value is -2.22. The maximum atomic E-state index is 10.1. The molecule has 7 heteroatoms. The molecule has 3 heterocycles. The molecule has 1 atom stereocenters. The fourth-order valence-electron chi connectivity index (χ4n) is 3.76. The van der Waals surface area contributed by atoms with Crippen LogP contribution in [0.2, 0.25) is 0 Å². The van der Waals surface area contributed by atoms with Gasteiger partial charge in [-0.05, 0) is 31.9 Å². The standard InChI is InChI=1S/C21H28N4O3/c1-15-12-20(24-21(23-15)18-4-2-3-5-19(18)26)25-8-6-16(7-9-25)22-13-17-14-27-10-11-28-17/h2-5,12,16-17,22,26H,6-11,13-14H2,1H3. The van der Waals surface area contributed by atoms with E-state index in [4.69, 9.17) is 14.5 Å². The lowest BCUT2D eigenvalue weighted by atomic mass is 10.0. The first-order valence-corrected chi connectivity index (χ1v) is 10.0. The highest BCUT2D eigenvalue weighted by molar-refractivity contribution is 5.65. The highest BCUT2D eigenvalue weighted by atomic mass is 16.6. The van der Waals surface area contributed by atoms with Gasteiger partial charge in [0.05, 0.1) is 31.5 Å². The van der Waals surface area contributed by atoms with Crippen LogP contribution in [0, 0.1) is 6.92 Å². The van der Waals surface area contributed by atoms with Gasteiger partial charge >= 0.3 is 0 Å². The van der Waals surface area contributed by atoms with E-state index in [0.29, 0.717) is 37.3 Å². The number of anilines is 1. The van der Waals surface area contributed by atoms with Gasteiger partial charge in [-0.15, -0.1) is 0 Å². The van der Waals surface area contributed by atoms with Crippen molar-refractivity contribution in [1.29, 1.82) is 0 Å². The molecule has 2 aliphatic heterocycles. The second-order valence-electron chi connectivity index (χ2n) is 7.45. The van der Waals surface area contributed by atoms with E-state index in [1.54, 1.807) is 12.1 Å². The van der Waals surface area contributed by atoms with E-state index in [9.17, 15) is 5.11 Å². The van der Waals surface area contributed by atoms with Gasteiger partial charge in [0.25, 0.3) is 0 Å². The van der Waals surface area contributed by atoms with Crippen molar-refractivity contribution in [2.45, 2.75) is 31.9 Å². The van der Waals surface area contributed by atoms with Crippen LogP contribution >= 0.6 is 0 Å². The Morgan fingerprint density at radius 3 is 2.75 bits per heavy atom. The molecule has 2 fully saturated rings. The van der Waals surface area contributed by atoms with Crippen LogP contribution < -0.4 is 10.2 Å². The second-order valence-corrected chi connectivity index (χ2v) is 7.45. The number of phenols is 1. The number of aryl methyl sites for hydroxylation is 1. The van der Waals surface area contributed by atoms with Gasteiger partial charge in [0, 0.05) is 37.4 Å². The summed E-state index contributed by atoms with van der Waals surface area (Å²) in [6.45, 7) is 6.77. The second kappa shape index (κ2) is 8.86. The van der Waals surface area contributed by atoms with Gasteiger partial charge in [-0.25, -0.2) is 9.97 Å². The van der Waals surface area contributed by atoms with E-state index in [1.807, 2.05) is 25.1 Å². The topological polar surface area (TPSA) is 79.7 Å². The summed E-state index contributed by atoms with van der Waals surface area (Å²) in [4.78, 5) is 11.6. The number of aromatic nitrogens is 2. The molecule has 0 bridgehead atoms. The largest absolute Gasteiger partial charge is 0.507 e. The van der Waals surface area contributed by atoms with Gasteiger partial charge in [0.2, 0.25) is 0 Å². The average molecular weight is 384 g/mol. The van der Waals surface area contributed by atoms with Gasteiger partial charge in [0.15, 0.2) is 5.82 Å². The van der Waals surface area contributed by atoms with Crippen LogP contribution in [0.4, 0.5) is 5.82 Å². The molecule has 2 aliphatic rings. The third kappa shape index (κ3) is 4.60. The SMILES string of the molecule is Cc1cc(N2CCC(NCC3COCCO3)CC2)nc(-c2ccccc2O)n1. The zero-order chi connectivity index (χ0) is 19.3. The van der Waals surface area contributed by atoms with Crippen LogP contribution in [0.5, 0.6) is 5.75 Å². The third-order valence-corrected chi connectivity index (χ3v) is 5.32. The molecule has 7 nitrogen and oxygen atoms in total. The van der Waals surface area contributed by atoms with Gasteiger partial charge in [-0.2, -0.15) is 0 Å². The quantitative estimate of drug-likeness (QED) is 0.817. The van der Waals surface area contributed by atoms with Crippen molar-refractivity contribution in [2.75, 3.05) is 44.4 Å². The minimum Gasteiger partial charge on any atom is -0.507 e. The molecular weight excluding hydrogens is 356 g/mol. The maximum Gasteiger partial charge on any atom is 0.165 e. The van der Waals surface area contributed by atoms with E-state index >= 15 is 0 Å². The maximum absolute atomic E-state index is 10.1. The van der Waals surface area contributed by atoms with E-state index in [0.717, 1.165) is 44.0 Å². The Balaban J connectivity index is 1.37. The lowest BCUT2D eigenvalue weighted by Crippen LogP contribution is -2.46. The number of rotatable bonds is 5. The molecule has 1 aromatic heterocycles. The summed E-state index contributed by atoms with van der Waals surface area (Å²) < 4.78 is 11.2. The van der Waals surface area contributed by atoms with Gasteiger partial charge in [-0.3, -0.25) is 0 Å². The van der Waals surface area contributed by atoms with E-state index in [-0.39, 0.29) is 11.9 Å². The van der Waals surface area contributed by atoms with Crippen molar-refractivity contribution in [3.8, 4) is 17.1 Å². The molecule has 0 radical (unpaired) electrons. The molecule has 150 valence electrons. The van der Waals surface area contributed by atoms with E-state index in [2.05, 4.69) is 15.2 Å². The molecule has 0 aliphatic carbocycles.